The van der Waals surface area contributed by atoms with Gasteiger partial charge in [-0.05, 0) is 46.8 Å². The number of anilines is 1. The molecule has 0 aliphatic carbocycles. The van der Waals surface area contributed by atoms with E-state index in [0.29, 0.717) is 5.92 Å². The summed E-state index contributed by atoms with van der Waals surface area (Å²) in [5.74, 6) is 1.67. The fraction of sp³-hybridized carbons (Fsp3) is 0.462. The van der Waals surface area contributed by atoms with Crippen LogP contribution in [0, 0.1) is 5.92 Å². The van der Waals surface area contributed by atoms with Gasteiger partial charge in [0.05, 0.1) is 0 Å². The van der Waals surface area contributed by atoms with Crippen molar-refractivity contribution in [2.45, 2.75) is 19.4 Å². The Balaban J connectivity index is 1.66. The molecule has 1 atom stereocenters. The summed E-state index contributed by atoms with van der Waals surface area (Å²) in [7, 11) is 0. The number of nitrogens with zero attached hydrogens (tertiary/aromatic N) is 5. The fourth-order valence-electron chi connectivity index (χ4n) is 2.57. The van der Waals surface area contributed by atoms with Crippen molar-refractivity contribution in [1.29, 1.82) is 0 Å². The van der Waals surface area contributed by atoms with Crippen molar-refractivity contribution < 1.29 is 0 Å². The Morgan fingerprint density at radius 3 is 3.05 bits per heavy atom. The summed E-state index contributed by atoms with van der Waals surface area (Å²) in [5.41, 5.74) is 0. The van der Waals surface area contributed by atoms with Gasteiger partial charge in [0.25, 0.3) is 0 Å². The van der Waals surface area contributed by atoms with E-state index in [2.05, 4.69) is 42.0 Å². The second-order valence-electron chi connectivity index (χ2n) is 4.91. The van der Waals surface area contributed by atoms with Gasteiger partial charge in [-0.2, -0.15) is 5.10 Å². The van der Waals surface area contributed by atoms with Crippen molar-refractivity contribution in [3.8, 4) is 0 Å². The van der Waals surface area contributed by atoms with E-state index >= 15 is 0 Å². The third-order valence-corrected chi connectivity index (χ3v) is 3.94. The molecule has 1 aliphatic heterocycles. The molecule has 5 nitrogen and oxygen atoms in total. The van der Waals surface area contributed by atoms with Gasteiger partial charge in [0.15, 0.2) is 0 Å². The predicted octanol–water partition coefficient (Wildman–Crippen LogP) is 2.35. The van der Waals surface area contributed by atoms with Crippen LogP contribution in [-0.2, 0) is 6.54 Å². The monoisotopic (exact) mass is 321 g/mol. The molecule has 2 aromatic heterocycles. The van der Waals surface area contributed by atoms with Crippen molar-refractivity contribution in [1.82, 2.24) is 19.7 Å². The van der Waals surface area contributed by atoms with E-state index in [0.717, 1.165) is 29.9 Å². The normalized spacial score (nSPS) is 19.6. The summed E-state index contributed by atoms with van der Waals surface area (Å²) in [6, 6.07) is 4.12. The molecule has 0 N–H and O–H groups in total. The molecule has 0 aromatic carbocycles. The van der Waals surface area contributed by atoms with Crippen molar-refractivity contribution >= 4 is 21.7 Å². The van der Waals surface area contributed by atoms with Crippen molar-refractivity contribution in [2.24, 2.45) is 5.92 Å². The number of piperidine rings is 1. The fourth-order valence-corrected chi connectivity index (χ4v) is 2.80. The highest BCUT2D eigenvalue weighted by Gasteiger charge is 2.21. The van der Waals surface area contributed by atoms with E-state index in [-0.39, 0.29) is 0 Å². The molecular formula is C13H16BrN5. The number of hydrogen-bond donors (Lipinski definition) is 0. The van der Waals surface area contributed by atoms with Gasteiger partial charge in [0, 0.05) is 30.3 Å². The van der Waals surface area contributed by atoms with Gasteiger partial charge in [-0.1, -0.05) is 0 Å². The van der Waals surface area contributed by atoms with Crippen LogP contribution in [0.2, 0.25) is 0 Å². The largest absolute Gasteiger partial charge is 0.356 e. The van der Waals surface area contributed by atoms with Gasteiger partial charge in [0.1, 0.15) is 18.5 Å². The highest BCUT2D eigenvalue weighted by atomic mass is 79.9. The van der Waals surface area contributed by atoms with Gasteiger partial charge in [-0.15, -0.1) is 0 Å². The van der Waals surface area contributed by atoms with Crippen LogP contribution in [-0.4, -0.2) is 32.8 Å². The van der Waals surface area contributed by atoms with Crippen LogP contribution in [0.5, 0.6) is 0 Å². The summed E-state index contributed by atoms with van der Waals surface area (Å²) in [6.45, 7) is 3.06. The average molecular weight is 322 g/mol. The Morgan fingerprint density at radius 1 is 1.37 bits per heavy atom. The molecule has 2 aromatic rings. The number of aromatic nitrogens is 4. The van der Waals surface area contributed by atoms with Gasteiger partial charge < -0.3 is 4.90 Å². The first-order valence-electron chi connectivity index (χ1n) is 6.50. The standard InChI is InChI=1S/C13H16BrN5/c14-12-3-4-13(16-6-12)18-5-1-2-11(7-18)8-19-10-15-9-17-19/h3-4,6,9-11H,1-2,5,7-8H2. The molecule has 0 amide bonds. The highest BCUT2D eigenvalue weighted by molar-refractivity contribution is 9.10. The van der Waals surface area contributed by atoms with Crippen LogP contribution in [0.1, 0.15) is 12.8 Å². The van der Waals surface area contributed by atoms with Gasteiger partial charge in [-0.3, -0.25) is 4.68 Å². The molecule has 100 valence electrons. The molecule has 19 heavy (non-hydrogen) atoms. The Hall–Kier alpha value is -1.43. The molecule has 0 spiro atoms. The van der Waals surface area contributed by atoms with Crippen LogP contribution in [0.4, 0.5) is 5.82 Å². The Morgan fingerprint density at radius 2 is 2.32 bits per heavy atom. The minimum Gasteiger partial charge on any atom is -0.356 e. The average Bonchev–Trinajstić information content (AvgIpc) is 2.93. The first-order valence-corrected chi connectivity index (χ1v) is 7.29. The van der Waals surface area contributed by atoms with E-state index < -0.39 is 0 Å². The number of hydrogen-bond acceptors (Lipinski definition) is 4. The lowest BCUT2D eigenvalue weighted by Gasteiger charge is -2.33. The molecular weight excluding hydrogens is 306 g/mol. The minimum absolute atomic E-state index is 0.612. The van der Waals surface area contributed by atoms with E-state index in [1.165, 1.54) is 12.8 Å². The van der Waals surface area contributed by atoms with Crippen LogP contribution in [0.25, 0.3) is 0 Å². The van der Waals surface area contributed by atoms with Crippen LogP contribution in [0.15, 0.2) is 35.5 Å². The maximum atomic E-state index is 4.48. The molecule has 6 heteroatoms. The zero-order chi connectivity index (χ0) is 13.1. The van der Waals surface area contributed by atoms with Crippen molar-refractivity contribution in [3.05, 3.63) is 35.5 Å². The van der Waals surface area contributed by atoms with Crippen LogP contribution < -0.4 is 4.90 Å². The first-order chi connectivity index (χ1) is 9.31. The van der Waals surface area contributed by atoms with Gasteiger partial charge in [0.2, 0.25) is 0 Å². The summed E-state index contributed by atoms with van der Waals surface area (Å²) in [5, 5.41) is 4.18. The van der Waals surface area contributed by atoms with E-state index in [1.807, 2.05) is 16.9 Å². The number of pyridine rings is 1. The molecule has 3 rings (SSSR count). The lowest BCUT2D eigenvalue weighted by Crippen LogP contribution is -2.37. The predicted molar refractivity (Wildman–Crippen MR) is 76.9 cm³/mol. The second-order valence-corrected chi connectivity index (χ2v) is 5.82. The molecule has 1 saturated heterocycles. The van der Waals surface area contributed by atoms with Crippen LogP contribution >= 0.6 is 15.9 Å². The summed E-state index contributed by atoms with van der Waals surface area (Å²) < 4.78 is 2.94. The lowest BCUT2D eigenvalue weighted by atomic mass is 9.98. The summed E-state index contributed by atoms with van der Waals surface area (Å²) in [6.07, 6.45) is 7.69. The molecule has 1 fully saturated rings. The maximum absolute atomic E-state index is 4.48. The van der Waals surface area contributed by atoms with Gasteiger partial charge in [-0.25, -0.2) is 9.97 Å². The van der Waals surface area contributed by atoms with Crippen molar-refractivity contribution in [2.75, 3.05) is 18.0 Å². The van der Waals surface area contributed by atoms with E-state index in [4.69, 9.17) is 0 Å². The third-order valence-electron chi connectivity index (χ3n) is 3.47. The first kappa shape index (κ1) is 12.6. The Kier molecular flexibility index (Phi) is 3.77. The zero-order valence-corrected chi connectivity index (χ0v) is 12.2. The van der Waals surface area contributed by atoms with Gasteiger partial charge >= 0.3 is 0 Å². The van der Waals surface area contributed by atoms with E-state index in [1.54, 1.807) is 12.7 Å². The molecule has 0 saturated carbocycles. The smallest absolute Gasteiger partial charge is 0.137 e. The Bertz CT molecular complexity index is 510. The van der Waals surface area contributed by atoms with Crippen molar-refractivity contribution in [3.63, 3.8) is 0 Å². The number of halogens is 1. The molecule has 0 bridgehead atoms. The van der Waals surface area contributed by atoms with Crippen LogP contribution in [0.3, 0.4) is 0 Å². The minimum atomic E-state index is 0.612. The topological polar surface area (TPSA) is 46.8 Å². The highest BCUT2D eigenvalue weighted by Crippen LogP contribution is 2.23. The summed E-state index contributed by atoms with van der Waals surface area (Å²) in [4.78, 5) is 10.8. The summed E-state index contributed by atoms with van der Waals surface area (Å²) >= 11 is 3.42. The Labute approximate surface area is 120 Å². The quantitative estimate of drug-likeness (QED) is 0.870. The molecule has 1 unspecified atom stereocenters. The number of rotatable bonds is 3. The molecule has 1 aliphatic rings. The molecule has 0 radical (unpaired) electrons. The third kappa shape index (κ3) is 3.12. The zero-order valence-electron chi connectivity index (χ0n) is 10.6. The van der Waals surface area contributed by atoms with E-state index in [9.17, 15) is 0 Å². The second kappa shape index (κ2) is 5.69. The lowest BCUT2D eigenvalue weighted by molar-refractivity contribution is 0.350. The maximum Gasteiger partial charge on any atom is 0.137 e. The SMILES string of the molecule is Brc1ccc(N2CCCC(Cn3cncn3)C2)nc1. The molecule has 3 heterocycles.